The summed E-state index contributed by atoms with van der Waals surface area (Å²) in [5, 5.41) is 12.4. The molecular formula is C30H41N7O9. The maximum atomic E-state index is 12.8. The van der Waals surface area contributed by atoms with Gasteiger partial charge < -0.3 is 37.1 Å². The fourth-order valence-corrected chi connectivity index (χ4v) is 4.19. The molecule has 0 radical (unpaired) electrons. The summed E-state index contributed by atoms with van der Waals surface area (Å²) < 4.78 is 5.20. The Kier molecular flexibility index (Phi) is 14.9. The molecule has 0 bridgehead atoms. The van der Waals surface area contributed by atoms with Crippen LogP contribution in [0.4, 0.5) is 10.5 Å². The topological polar surface area (TPSA) is 235 Å². The standard InChI is InChI=1S/C30H41N7O9/c1-18(33-20(3)38)27(42)34-19(2)28(43)36-23(16-24(31)39)29(44)35-22-10-8-21(9-11-22)17-46-30(45)32-14-6-4-5-7-15-37-25(40)12-13-26(37)41/h8-13,18-19,23H,4-7,14-17H2,1-3H3,(H2,31,39)(H,32,45)(H,33,38)(H,34,42)(H,35,44)(H,36,43). The predicted octanol–water partition coefficient (Wildman–Crippen LogP) is -0.274. The number of benzene rings is 1. The zero-order chi connectivity index (χ0) is 34.2. The first kappa shape index (κ1) is 36.9. The molecule has 1 aliphatic heterocycles. The Morgan fingerprint density at radius 1 is 0.804 bits per heavy atom. The summed E-state index contributed by atoms with van der Waals surface area (Å²) in [7, 11) is 0. The number of unbranched alkanes of at least 4 members (excludes halogenated alkanes) is 3. The lowest BCUT2D eigenvalue weighted by molar-refractivity contribution is -0.137. The first-order valence-corrected chi connectivity index (χ1v) is 14.8. The summed E-state index contributed by atoms with van der Waals surface area (Å²) in [6.07, 6.45) is 4.39. The van der Waals surface area contributed by atoms with Crippen molar-refractivity contribution in [1.82, 2.24) is 26.2 Å². The average Bonchev–Trinajstić information content (AvgIpc) is 3.31. The van der Waals surface area contributed by atoms with E-state index in [4.69, 9.17) is 10.5 Å². The molecule has 16 heteroatoms. The zero-order valence-corrected chi connectivity index (χ0v) is 26.1. The lowest BCUT2D eigenvalue weighted by atomic mass is 10.1. The molecule has 0 aliphatic carbocycles. The van der Waals surface area contributed by atoms with E-state index in [1.54, 1.807) is 24.3 Å². The summed E-state index contributed by atoms with van der Waals surface area (Å²) >= 11 is 0. The molecule has 1 aromatic carbocycles. The molecule has 1 aliphatic rings. The molecule has 0 saturated carbocycles. The molecule has 0 saturated heterocycles. The van der Waals surface area contributed by atoms with Crippen molar-refractivity contribution < 1.29 is 43.1 Å². The highest BCUT2D eigenvalue weighted by molar-refractivity contribution is 6.12. The Bertz CT molecular complexity index is 1310. The van der Waals surface area contributed by atoms with E-state index in [9.17, 15) is 38.4 Å². The number of imide groups is 1. The summed E-state index contributed by atoms with van der Waals surface area (Å²) in [5.41, 5.74) is 6.23. The normalized spacial score (nSPS) is 14.1. The van der Waals surface area contributed by atoms with Crippen LogP contribution < -0.4 is 32.3 Å². The van der Waals surface area contributed by atoms with Crippen LogP contribution >= 0.6 is 0 Å². The summed E-state index contributed by atoms with van der Waals surface area (Å²) in [6.45, 7) is 4.80. The molecule has 3 unspecified atom stereocenters. The van der Waals surface area contributed by atoms with E-state index in [-0.39, 0.29) is 18.4 Å². The zero-order valence-electron chi connectivity index (χ0n) is 26.1. The van der Waals surface area contributed by atoms with E-state index < -0.39 is 60.2 Å². The predicted molar refractivity (Wildman–Crippen MR) is 164 cm³/mol. The van der Waals surface area contributed by atoms with Gasteiger partial charge in [0.05, 0.1) is 6.42 Å². The van der Waals surface area contributed by atoms with Crippen LogP contribution in [0.3, 0.4) is 0 Å². The molecule has 16 nitrogen and oxygen atoms in total. The van der Waals surface area contributed by atoms with Crippen LogP contribution in [0, 0.1) is 0 Å². The summed E-state index contributed by atoms with van der Waals surface area (Å²) in [5.74, 6) is -3.95. The van der Waals surface area contributed by atoms with Crippen LogP contribution in [0.2, 0.25) is 0 Å². The number of rotatable bonds is 18. The van der Waals surface area contributed by atoms with Crippen LogP contribution in [0.15, 0.2) is 36.4 Å². The number of anilines is 1. The summed E-state index contributed by atoms with van der Waals surface area (Å²) in [4.78, 5) is 96.6. The first-order chi connectivity index (χ1) is 21.8. The van der Waals surface area contributed by atoms with Crippen LogP contribution in [0.1, 0.15) is 58.4 Å². The van der Waals surface area contributed by atoms with Gasteiger partial charge in [0.1, 0.15) is 24.7 Å². The van der Waals surface area contributed by atoms with Gasteiger partial charge >= 0.3 is 6.09 Å². The molecule has 46 heavy (non-hydrogen) atoms. The smallest absolute Gasteiger partial charge is 0.407 e. The highest BCUT2D eigenvalue weighted by atomic mass is 16.5. The second-order valence-electron chi connectivity index (χ2n) is 10.6. The number of nitrogens with one attached hydrogen (secondary N) is 5. The van der Waals surface area contributed by atoms with Gasteiger partial charge in [-0.1, -0.05) is 25.0 Å². The molecular weight excluding hydrogens is 602 g/mol. The maximum absolute atomic E-state index is 12.8. The molecule has 1 aromatic rings. The Hall–Kier alpha value is -5.28. The molecule has 0 fully saturated rings. The minimum absolute atomic E-state index is 0.0312. The number of ether oxygens (including phenoxy) is 1. The van der Waals surface area contributed by atoms with Crippen molar-refractivity contribution in [3.05, 3.63) is 42.0 Å². The van der Waals surface area contributed by atoms with Crippen molar-refractivity contribution in [3.8, 4) is 0 Å². The first-order valence-electron chi connectivity index (χ1n) is 14.8. The number of primary amides is 1. The second kappa shape index (κ2) is 18.5. The average molecular weight is 644 g/mol. The molecule has 0 spiro atoms. The second-order valence-corrected chi connectivity index (χ2v) is 10.6. The third-order valence-electron chi connectivity index (χ3n) is 6.67. The van der Waals surface area contributed by atoms with E-state index in [0.717, 1.165) is 12.8 Å². The largest absolute Gasteiger partial charge is 0.445 e. The van der Waals surface area contributed by atoms with Crippen LogP contribution in [-0.2, 0) is 44.9 Å². The van der Waals surface area contributed by atoms with Gasteiger partial charge in [0.15, 0.2) is 0 Å². The Labute approximate surface area is 266 Å². The molecule has 0 aromatic heterocycles. The van der Waals surface area contributed by atoms with Gasteiger partial charge in [-0.3, -0.25) is 38.5 Å². The number of hydrogen-bond acceptors (Lipinski definition) is 9. The Morgan fingerprint density at radius 2 is 1.39 bits per heavy atom. The van der Waals surface area contributed by atoms with Gasteiger partial charge in [-0.15, -0.1) is 0 Å². The minimum Gasteiger partial charge on any atom is -0.445 e. The number of alkyl carbamates (subject to hydrolysis) is 1. The number of nitrogens with two attached hydrogens (primary N) is 1. The molecule has 3 atom stereocenters. The number of carbonyl (C=O) groups excluding carboxylic acids is 8. The summed E-state index contributed by atoms with van der Waals surface area (Å²) in [6, 6.07) is 3.00. The number of nitrogens with zero attached hydrogens (tertiary/aromatic N) is 1. The maximum Gasteiger partial charge on any atom is 0.407 e. The highest BCUT2D eigenvalue weighted by Crippen LogP contribution is 2.12. The van der Waals surface area contributed by atoms with Crippen molar-refractivity contribution in [2.75, 3.05) is 18.4 Å². The third kappa shape index (κ3) is 13.2. The molecule has 2 rings (SSSR count). The Morgan fingerprint density at radius 3 is 2.00 bits per heavy atom. The van der Waals surface area contributed by atoms with Gasteiger partial charge in [0.2, 0.25) is 29.5 Å². The van der Waals surface area contributed by atoms with E-state index in [0.29, 0.717) is 37.2 Å². The van der Waals surface area contributed by atoms with Crippen LogP contribution in [-0.4, -0.2) is 83.6 Å². The van der Waals surface area contributed by atoms with Crippen molar-refractivity contribution in [2.24, 2.45) is 5.73 Å². The van der Waals surface area contributed by atoms with Gasteiger partial charge in [0, 0.05) is 37.9 Å². The fraction of sp³-hybridized carbons (Fsp3) is 0.467. The van der Waals surface area contributed by atoms with Crippen LogP contribution in [0.25, 0.3) is 0 Å². The fourth-order valence-electron chi connectivity index (χ4n) is 4.19. The highest BCUT2D eigenvalue weighted by Gasteiger charge is 2.27. The van der Waals surface area contributed by atoms with Crippen molar-refractivity contribution >= 4 is 53.1 Å². The quantitative estimate of drug-likeness (QED) is 0.0911. The third-order valence-corrected chi connectivity index (χ3v) is 6.67. The van der Waals surface area contributed by atoms with E-state index >= 15 is 0 Å². The Balaban J connectivity index is 1.73. The molecule has 7 N–H and O–H groups in total. The van der Waals surface area contributed by atoms with Gasteiger partial charge in [0.25, 0.3) is 11.8 Å². The van der Waals surface area contributed by atoms with Gasteiger partial charge in [-0.05, 0) is 44.4 Å². The van der Waals surface area contributed by atoms with Crippen molar-refractivity contribution in [3.63, 3.8) is 0 Å². The van der Waals surface area contributed by atoms with E-state index in [1.165, 1.54) is 37.8 Å². The molecule has 8 amide bonds. The van der Waals surface area contributed by atoms with Crippen LogP contribution in [0.5, 0.6) is 0 Å². The lowest BCUT2D eigenvalue weighted by Gasteiger charge is -2.21. The lowest BCUT2D eigenvalue weighted by Crippen LogP contribution is -2.55. The minimum atomic E-state index is -1.33. The molecule has 1 heterocycles. The van der Waals surface area contributed by atoms with E-state index in [1.807, 2.05) is 0 Å². The van der Waals surface area contributed by atoms with Crippen molar-refractivity contribution in [2.45, 2.75) is 77.6 Å². The van der Waals surface area contributed by atoms with E-state index in [2.05, 4.69) is 26.6 Å². The monoisotopic (exact) mass is 643 g/mol. The van der Waals surface area contributed by atoms with Gasteiger partial charge in [-0.25, -0.2) is 4.79 Å². The van der Waals surface area contributed by atoms with Gasteiger partial charge in [-0.2, -0.15) is 0 Å². The number of amides is 8. The molecule has 250 valence electrons. The SMILES string of the molecule is CC(=O)NC(C)C(=O)NC(C)C(=O)NC(CC(N)=O)C(=O)Nc1ccc(COC(=O)NCCCCCCN2C(=O)C=CC2=O)cc1. The number of carbonyl (C=O) groups is 8. The van der Waals surface area contributed by atoms with Crippen molar-refractivity contribution in [1.29, 1.82) is 0 Å². The number of hydrogen-bond donors (Lipinski definition) is 6.